The Hall–Kier alpha value is -1.49. The van der Waals surface area contributed by atoms with Crippen molar-refractivity contribution in [1.82, 2.24) is 0 Å². The van der Waals surface area contributed by atoms with E-state index in [-0.39, 0.29) is 5.41 Å². The second-order valence-corrected chi connectivity index (χ2v) is 6.14. The highest BCUT2D eigenvalue weighted by atomic mass is 14.9. The molecule has 0 bridgehead atoms. The van der Waals surface area contributed by atoms with Gasteiger partial charge in [0, 0.05) is 6.54 Å². The number of nitrogens with zero attached hydrogens (tertiary/aromatic N) is 1. The molecule has 2 heteroatoms. The third-order valence-corrected chi connectivity index (χ3v) is 3.51. The third-order valence-electron chi connectivity index (χ3n) is 3.51. The van der Waals surface area contributed by atoms with E-state index >= 15 is 0 Å². The van der Waals surface area contributed by atoms with Crippen molar-refractivity contribution in [3.63, 3.8) is 0 Å². The van der Waals surface area contributed by atoms with Crippen LogP contribution in [-0.2, 0) is 0 Å². The molecule has 104 valence electrons. The fourth-order valence-electron chi connectivity index (χ4n) is 2.18. The number of nitrogens with one attached hydrogen (secondary N) is 1. The first-order valence-corrected chi connectivity index (χ1v) is 7.23. The van der Waals surface area contributed by atoms with Gasteiger partial charge in [0.15, 0.2) is 0 Å². The molecule has 19 heavy (non-hydrogen) atoms. The van der Waals surface area contributed by atoms with Crippen LogP contribution < -0.4 is 5.32 Å². The standard InChI is InChI=1S/C17H26N2/c1-5-6-7-10-17(3,4)13-19-16-11-14(2)8-9-15(16)12-18/h8-9,11,19H,5-7,10,13H2,1-4H3. The minimum atomic E-state index is 0.269. The highest BCUT2D eigenvalue weighted by molar-refractivity contribution is 5.58. The number of benzene rings is 1. The molecule has 0 saturated heterocycles. The van der Waals surface area contributed by atoms with Crippen LogP contribution in [0.5, 0.6) is 0 Å². The van der Waals surface area contributed by atoms with E-state index in [1.165, 1.54) is 31.2 Å². The summed E-state index contributed by atoms with van der Waals surface area (Å²) < 4.78 is 0. The first-order chi connectivity index (χ1) is 8.98. The van der Waals surface area contributed by atoms with E-state index in [1.54, 1.807) is 0 Å². The van der Waals surface area contributed by atoms with Crippen LogP contribution in [0.25, 0.3) is 0 Å². The Morgan fingerprint density at radius 3 is 2.63 bits per heavy atom. The van der Waals surface area contributed by atoms with Crippen molar-refractivity contribution < 1.29 is 0 Å². The maximum absolute atomic E-state index is 9.12. The molecule has 0 aliphatic heterocycles. The number of unbranched alkanes of at least 4 members (excludes halogenated alkanes) is 2. The Morgan fingerprint density at radius 2 is 2.00 bits per heavy atom. The average molecular weight is 258 g/mol. The fraction of sp³-hybridized carbons (Fsp3) is 0.588. The van der Waals surface area contributed by atoms with Gasteiger partial charge in [-0.2, -0.15) is 5.26 Å². The number of rotatable bonds is 7. The minimum Gasteiger partial charge on any atom is -0.383 e. The number of hydrogen-bond acceptors (Lipinski definition) is 2. The van der Waals surface area contributed by atoms with E-state index in [0.29, 0.717) is 0 Å². The largest absolute Gasteiger partial charge is 0.383 e. The third kappa shape index (κ3) is 5.34. The molecular weight excluding hydrogens is 232 g/mol. The molecule has 0 amide bonds. The summed E-state index contributed by atoms with van der Waals surface area (Å²) in [4.78, 5) is 0. The summed E-state index contributed by atoms with van der Waals surface area (Å²) in [5.41, 5.74) is 3.15. The van der Waals surface area contributed by atoms with Crippen LogP contribution in [0.15, 0.2) is 18.2 Å². The van der Waals surface area contributed by atoms with Crippen molar-refractivity contribution >= 4 is 5.69 Å². The predicted molar refractivity (Wildman–Crippen MR) is 82.3 cm³/mol. The molecule has 0 spiro atoms. The Labute approximate surface area is 117 Å². The maximum Gasteiger partial charge on any atom is 0.101 e. The molecule has 0 heterocycles. The normalized spacial score (nSPS) is 11.1. The van der Waals surface area contributed by atoms with Gasteiger partial charge in [0.25, 0.3) is 0 Å². The van der Waals surface area contributed by atoms with Crippen LogP contribution in [0.3, 0.4) is 0 Å². The van der Waals surface area contributed by atoms with E-state index in [0.717, 1.165) is 17.8 Å². The Balaban J connectivity index is 2.60. The zero-order valence-electron chi connectivity index (χ0n) is 12.7. The molecule has 1 aromatic carbocycles. The highest BCUT2D eigenvalue weighted by Crippen LogP contribution is 2.25. The van der Waals surface area contributed by atoms with Crippen LogP contribution in [0.4, 0.5) is 5.69 Å². The van der Waals surface area contributed by atoms with Crippen molar-refractivity contribution in [1.29, 1.82) is 5.26 Å². The number of aryl methyl sites for hydroxylation is 1. The Bertz CT molecular complexity index is 441. The lowest BCUT2D eigenvalue weighted by molar-refractivity contribution is 0.342. The summed E-state index contributed by atoms with van der Waals surface area (Å²) in [5.74, 6) is 0. The van der Waals surface area contributed by atoms with Gasteiger partial charge in [0.2, 0.25) is 0 Å². The predicted octanol–water partition coefficient (Wildman–Crippen LogP) is 4.89. The van der Waals surface area contributed by atoms with Gasteiger partial charge < -0.3 is 5.32 Å². The van der Waals surface area contributed by atoms with E-state index < -0.39 is 0 Å². The van der Waals surface area contributed by atoms with Gasteiger partial charge >= 0.3 is 0 Å². The zero-order valence-corrected chi connectivity index (χ0v) is 12.7. The molecule has 0 fully saturated rings. The molecule has 2 nitrogen and oxygen atoms in total. The summed E-state index contributed by atoms with van der Waals surface area (Å²) in [6.07, 6.45) is 5.07. The van der Waals surface area contributed by atoms with Gasteiger partial charge in [-0.3, -0.25) is 0 Å². The molecule has 1 rings (SSSR count). The summed E-state index contributed by atoms with van der Waals surface area (Å²) in [5, 5.41) is 12.6. The van der Waals surface area contributed by atoms with Gasteiger partial charge in [0.1, 0.15) is 6.07 Å². The van der Waals surface area contributed by atoms with Crippen molar-refractivity contribution in [3.05, 3.63) is 29.3 Å². The molecule has 1 N–H and O–H groups in total. The zero-order chi connectivity index (χ0) is 14.3. The molecule has 0 atom stereocenters. The Kier molecular flexibility index (Phi) is 5.89. The quantitative estimate of drug-likeness (QED) is 0.707. The summed E-state index contributed by atoms with van der Waals surface area (Å²) >= 11 is 0. The first-order valence-electron chi connectivity index (χ1n) is 7.23. The number of nitriles is 1. The van der Waals surface area contributed by atoms with Gasteiger partial charge in [-0.05, 0) is 36.5 Å². The molecule has 0 aromatic heterocycles. The van der Waals surface area contributed by atoms with E-state index in [1.807, 2.05) is 12.1 Å². The molecule has 0 aliphatic rings. The van der Waals surface area contributed by atoms with Crippen molar-refractivity contribution in [3.8, 4) is 6.07 Å². The smallest absolute Gasteiger partial charge is 0.101 e. The summed E-state index contributed by atoms with van der Waals surface area (Å²) in [6, 6.07) is 8.18. The summed E-state index contributed by atoms with van der Waals surface area (Å²) in [6.45, 7) is 9.78. The monoisotopic (exact) mass is 258 g/mol. The van der Waals surface area contributed by atoms with Gasteiger partial charge in [0.05, 0.1) is 11.3 Å². The second-order valence-electron chi connectivity index (χ2n) is 6.14. The maximum atomic E-state index is 9.12. The van der Waals surface area contributed by atoms with Crippen LogP contribution in [0, 0.1) is 23.7 Å². The molecular formula is C17H26N2. The van der Waals surface area contributed by atoms with E-state index in [4.69, 9.17) is 5.26 Å². The molecule has 0 radical (unpaired) electrons. The molecule has 0 unspecified atom stereocenters. The lowest BCUT2D eigenvalue weighted by Gasteiger charge is -2.26. The molecule has 0 saturated carbocycles. The molecule has 1 aromatic rings. The lowest BCUT2D eigenvalue weighted by atomic mass is 9.86. The molecule has 0 aliphatic carbocycles. The van der Waals surface area contributed by atoms with Crippen molar-refractivity contribution in [2.75, 3.05) is 11.9 Å². The second kappa shape index (κ2) is 7.19. The highest BCUT2D eigenvalue weighted by Gasteiger charge is 2.17. The van der Waals surface area contributed by atoms with Crippen molar-refractivity contribution in [2.45, 2.75) is 53.4 Å². The van der Waals surface area contributed by atoms with E-state index in [9.17, 15) is 0 Å². The Morgan fingerprint density at radius 1 is 1.26 bits per heavy atom. The van der Waals surface area contributed by atoms with Gasteiger partial charge in [-0.1, -0.05) is 46.1 Å². The minimum absolute atomic E-state index is 0.269. The summed E-state index contributed by atoms with van der Waals surface area (Å²) in [7, 11) is 0. The average Bonchev–Trinajstić information content (AvgIpc) is 2.37. The van der Waals surface area contributed by atoms with Crippen LogP contribution >= 0.6 is 0 Å². The number of anilines is 1. The van der Waals surface area contributed by atoms with Crippen LogP contribution in [0.1, 0.15) is 57.6 Å². The van der Waals surface area contributed by atoms with Crippen molar-refractivity contribution in [2.24, 2.45) is 5.41 Å². The van der Waals surface area contributed by atoms with Crippen LogP contribution in [0.2, 0.25) is 0 Å². The van der Waals surface area contributed by atoms with Crippen LogP contribution in [-0.4, -0.2) is 6.54 Å². The topological polar surface area (TPSA) is 35.8 Å². The van der Waals surface area contributed by atoms with E-state index in [2.05, 4.69) is 45.1 Å². The van der Waals surface area contributed by atoms with Gasteiger partial charge in [-0.15, -0.1) is 0 Å². The fourth-order valence-corrected chi connectivity index (χ4v) is 2.18. The number of hydrogen-bond donors (Lipinski definition) is 1. The van der Waals surface area contributed by atoms with Gasteiger partial charge in [-0.25, -0.2) is 0 Å². The lowest BCUT2D eigenvalue weighted by Crippen LogP contribution is -2.23. The first kappa shape index (κ1) is 15.6. The SMILES string of the molecule is CCCCCC(C)(C)CNc1cc(C)ccc1C#N.